The van der Waals surface area contributed by atoms with Gasteiger partial charge in [0, 0.05) is 43.3 Å². The third-order valence-electron chi connectivity index (χ3n) is 5.24. The molecule has 0 bridgehead atoms. The van der Waals surface area contributed by atoms with Crippen molar-refractivity contribution in [2.45, 2.75) is 33.1 Å². The fourth-order valence-electron chi connectivity index (χ4n) is 3.91. The molecule has 1 aromatic carbocycles. The zero-order valence-electron chi connectivity index (χ0n) is 16.5. The number of nitrogens with zero attached hydrogens (tertiary/aromatic N) is 2. The number of aromatic amines is 1. The molecule has 0 saturated carbocycles. The largest absolute Gasteiger partial charge is 0.466 e. The topological polar surface area (TPSA) is 69.7 Å². The molecular weight excluding hydrogens is 340 g/mol. The van der Waals surface area contributed by atoms with Gasteiger partial charge in [-0.15, -0.1) is 0 Å². The molecule has 1 fully saturated rings. The quantitative estimate of drug-likeness (QED) is 0.482. The molecule has 0 spiro atoms. The van der Waals surface area contributed by atoms with E-state index in [1.807, 2.05) is 6.92 Å². The normalized spacial score (nSPS) is 18.0. The molecule has 1 aromatic heterocycles. The van der Waals surface area contributed by atoms with Crippen molar-refractivity contribution in [3.63, 3.8) is 0 Å². The molecule has 2 N–H and O–H groups in total. The third-order valence-corrected chi connectivity index (χ3v) is 5.24. The maximum Gasteiger partial charge on any atom is 0.310 e. The Morgan fingerprint density at radius 2 is 2.22 bits per heavy atom. The van der Waals surface area contributed by atoms with Crippen LogP contribution in [0.3, 0.4) is 0 Å². The van der Waals surface area contributed by atoms with Gasteiger partial charge in [0.15, 0.2) is 5.96 Å². The van der Waals surface area contributed by atoms with Gasteiger partial charge in [-0.3, -0.25) is 9.79 Å². The number of carbonyl (C=O) groups is 1. The van der Waals surface area contributed by atoms with Crippen molar-refractivity contribution in [2.24, 2.45) is 10.9 Å². The van der Waals surface area contributed by atoms with E-state index in [0.717, 1.165) is 38.3 Å². The number of carbonyl (C=O) groups excluding carboxylic acids is 1. The van der Waals surface area contributed by atoms with Crippen molar-refractivity contribution < 1.29 is 9.53 Å². The maximum absolute atomic E-state index is 12.1. The second-order valence-corrected chi connectivity index (χ2v) is 7.04. The number of esters is 1. The molecular formula is C21H30N4O2. The van der Waals surface area contributed by atoms with E-state index in [9.17, 15) is 4.79 Å². The average Bonchev–Trinajstić information content (AvgIpc) is 3.01. The van der Waals surface area contributed by atoms with Gasteiger partial charge in [0.05, 0.1) is 12.5 Å². The molecule has 27 heavy (non-hydrogen) atoms. The number of aryl methyl sites for hydroxylation is 1. The predicted molar refractivity (Wildman–Crippen MR) is 109 cm³/mol. The molecule has 6 nitrogen and oxygen atoms in total. The summed E-state index contributed by atoms with van der Waals surface area (Å²) in [5, 5.41) is 4.76. The highest BCUT2D eigenvalue weighted by atomic mass is 16.5. The van der Waals surface area contributed by atoms with Crippen LogP contribution in [-0.4, -0.2) is 55.1 Å². The van der Waals surface area contributed by atoms with Crippen LogP contribution < -0.4 is 5.32 Å². The number of nitrogens with one attached hydrogen (secondary N) is 2. The van der Waals surface area contributed by atoms with Crippen molar-refractivity contribution in [1.82, 2.24) is 15.2 Å². The second-order valence-electron chi connectivity index (χ2n) is 7.04. The lowest BCUT2D eigenvalue weighted by atomic mass is 9.98. The van der Waals surface area contributed by atoms with E-state index < -0.39 is 0 Å². The van der Waals surface area contributed by atoms with Gasteiger partial charge in [-0.2, -0.15) is 0 Å². The number of fused-ring (bicyclic) bond motifs is 1. The van der Waals surface area contributed by atoms with Crippen LogP contribution in [0.15, 0.2) is 29.3 Å². The van der Waals surface area contributed by atoms with Gasteiger partial charge in [-0.1, -0.05) is 18.2 Å². The van der Waals surface area contributed by atoms with E-state index in [2.05, 4.69) is 51.4 Å². The van der Waals surface area contributed by atoms with E-state index in [4.69, 9.17) is 4.74 Å². The highest BCUT2D eigenvalue weighted by Gasteiger charge is 2.28. The van der Waals surface area contributed by atoms with Crippen LogP contribution in [0, 0.1) is 12.8 Å². The molecule has 2 heterocycles. The van der Waals surface area contributed by atoms with E-state index in [1.54, 1.807) is 7.05 Å². The van der Waals surface area contributed by atoms with Gasteiger partial charge >= 0.3 is 5.97 Å². The van der Waals surface area contributed by atoms with Crippen molar-refractivity contribution in [2.75, 3.05) is 33.3 Å². The predicted octanol–water partition coefficient (Wildman–Crippen LogP) is 2.87. The third kappa shape index (κ3) is 4.43. The standard InChI is InChI=1S/C21H30N4O2/c1-4-27-20(26)16-8-7-13-25(14-16)21(22-3)23-12-11-17-15(2)24-19-10-6-5-9-18(17)19/h5-6,9-10,16,24H,4,7-8,11-14H2,1-3H3,(H,22,23). The number of para-hydroxylation sites is 1. The summed E-state index contributed by atoms with van der Waals surface area (Å²) in [5.74, 6) is 0.710. The number of hydrogen-bond acceptors (Lipinski definition) is 3. The van der Waals surface area contributed by atoms with E-state index in [0.29, 0.717) is 13.2 Å². The molecule has 2 aromatic rings. The van der Waals surface area contributed by atoms with E-state index in [1.165, 1.54) is 22.2 Å². The fourth-order valence-corrected chi connectivity index (χ4v) is 3.91. The molecule has 146 valence electrons. The highest BCUT2D eigenvalue weighted by Crippen LogP contribution is 2.22. The van der Waals surface area contributed by atoms with Crippen LogP contribution in [-0.2, 0) is 16.0 Å². The number of hydrogen-bond donors (Lipinski definition) is 2. The molecule has 1 aliphatic heterocycles. The molecule has 1 aliphatic rings. The number of benzene rings is 1. The van der Waals surface area contributed by atoms with Crippen LogP contribution in [0.1, 0.15) is 31.0 Å². The highest BCUT2D eigenvalue weighted by molar-refractivity contribution is 5.85. The average molecular weight is 370 g/mol. The number of guanidine groups is 1. The Labute approximate surface area is 161 Å². The number of H-pyrrole nitrogens is 1. The maximum atomic E-state index is 12.1. The van der Waals surface area contributed by atoms with Crippen LogP contribution in [0.2, 0.25) is 0 Å². The van der Waals surface area contributed by atoms with Crippen LogP contribution in [0.25, 0.3) is 10.9 Å². The van der Waals surface area contributed by atoms with Crippen LogP contribution >= 0.6 is 0 Å². The first kappa shape index (κ1) is 19.3. The molecule has 1 atom stereocenters. The van der Waals surface area contributed by atoms with Gasteiger partial charge in [0.25, 0.3) is 0 Å². The Morgan fingerprint density at radius 3 is 3.00 bits per heavy atom. The SMILES string of the molecule is CCOC(=O)C1CCCN(C(=NC)NCCc2c(C)[nH]c3ccccc23)C1. The minimum absolute atomic E-state index is 0.0619. The van der Waals surface area contributed by atoms with Crippen molar-refractivity contribution in [3.05, 3.63) is 35.5 Å². The lowest BCUT2D eigenvalue weighted by Gasteiger charge is -2.34. The monoisotopic (exact) mass is 370 g/mol. The number of aliphatic imine (C=N–C) groups is 1. The number of rotatable bonds is 5. The molecule has 1 unspecified atom stereocenters. The molecule has 6 heteroatoms. The lowest BCUT2D eigenvalue weighted by Crippen LogP contribution is -2.48. The van der Waals surface area contributed by atoms with Gasteiger partial charge in [0.2, 0.25) is 0 Å². The fraction of sp³-hybridized carbons (Fsp3) is 0.524. The summed E-state index contributed by atoms with van der Waals surface area (Å²) in [6.07, 6.45) is 2.79. The Bertz CT molecular complexity index is 812. The number of ether oxygens (including phenoxy) is 1. The molecule has 1 saturated heterocycles. The second kappa shape index (κ2) is 8.93. The van der Waals surface area contributed by atoms with Crippen LogP contribution in [0.4, 0.5) is 0 Å². The Morgan fingerprint density at radius 1 is 1.41 bits per heavy atom. The zero-order chi connectivity index (χ0) is 19.2. The summed E-state index contributed by atoms with van der Waals surface area (Å²) in [5.41, 5.74) is 3.74. The number of likely N-dealkylation sites (tertiary alicyclic amines) is 1. The molecule has 0 radical (unpaired) electrons. The first-order valence-electron chi connectivity index (χ1n) is 9.82. The Kier molecular flexibility index (Phi) is 6.37. The summed E-state index contributed by atoms with van der Waals surface area (Å²) in [6, 6.07) is 8.41. The number of piperidine rings is 1. The van der Waals surface area contributed by atoms with Crippen molar-refractivity contribution >= 4 is 22.8 Å². The van der Waals surface area contributed by atoms with Gasteiger partial charge in [-0.05, 0) is 44.7 Å². The van der Waals surface area contributed by atoms with E-state index >= 15 is 0 Å². The first-order chi connectivity index (χ1) is 13.1. The number of aromatic nitrogens is 1. The summed E-state index contributed by atoms with van der Waals surface area (Å²) in [6.45, 7) is 6.80. The molecule has 3 rings (SSSR count). The van der Waals surface area contributed by atoms with E-state index in [-0.39, 0.29) is 11.9 Å². The smallest absolute Gasteiger partial charge is 0.310 e. The minimum atomic E-state index is -0.0907. The molecule has 0 amide bonds. The summed E-state index contributed by atoms with van der Waals surface area (Å²) in [4.78, 5) is 22.1. The van der Waals surface area contributed by atoms with Crippen molar-refractivity contribution in [3.8, 4) is 0 Å². The van der Waals surface area contributed by atoms with Gasteiger partial charge in [0.1, 0.15) is 0 Å². The molecule has 0 aliphatic carbocycles. The summed E-state index contributed by atoms with van der Waals surface area (Å²) in [7, 11) is 1.80. The summed E-state index contributed by atoms with van der Waals surface area (Å²) >= 11 is 0. The van der Waals surface area contributed by atoms with Crippen molar-refractivity contribution in [1.29, 1.82) is 0 Å². The minimum Gasteiger partial charge on any atom is -0.466 e. The van der Waals surface area contributed by atoms with Gasteiger partial charge < -0.3 is 19.9 Å². The van der Waals surface area contributed by atoms with Gasteiger partial charge in [-0.25, -0.2) is 0 Å². The Balaban J connectivity index is 1.59. The zero-order valence-corrected chi connectivity index (χ0v) is 16.5. The lowest BCUT2D eigenvalue weighted by molar-refractivity contribution is -0.149. The summed E-state index contributed by atoms with van der Waals surface area (Å²) < 4.78 is 5.20. The van der Waals surface area contributed by atoms with Crippen LogP contribution in [0.5, 0.6) is 0 Å². The first-order valence-corrected chi connectivity index (χ1v) is 9.82. The Hall–Kier alpha value is -2.50.